The number of fused-ring (bicyclic) bond motifs is 1. The van der Waals surface area contributed by atoms with Crippen molar-refractivity contribution in [2.24, 2.45) is 0 Å². The van der Waals surface area contributed by atoms with Crippen LogP contribution in [0.2, 0.25) is 0 Å². The van der Waals surface area contributed by atoms with E-state index < -0.39 is 23.7 Å². The summed E-state index contributed by atoms with van der Waals surface area (Å²) in [4.78, 5) is 0. The van der Waals surface area contributed by atoms with Crippen molar-refractivity contribution in [3.63, 3.8) is 0 Å². The van der Waals surface area contributed by atoms with E-state index in [0.717, 1.165) is 12.1 Å². The van der Waals surface area contributed by atoms with Crippen LogP contribution in [-0.4, -0.2) is 19.8 Å². The summed E-state index contributed by atoms with van der Waals surface area (Å²) >= 11 is 0. The summed E-state index contributed by atoms with van der Waals surface area (Å²) < 4.78 is 76.4. The largest absolute Gasteiger partial charge is 0.453 e. The summed E-state index contributed by atoms with van der Waals surface area (Å²) in [5, 5.41) is 12.9. The predicted molar refractivity (Wildman–Crippen MR) is 74.6 cm³/mol. The van der Waals surface area contributed by atoms with E-state index in [1.54, 1.807) is 0 Å². The molecule has 0 unspecified atom stereocenters. The molecule has 0 aliphatic heterocycles. The van der Waals surface area contributed by atoms with Gasteiger partial charge in [-0.1, -0.05) is 12.1 Å². The summed E-state index contributed by atoms with van der Waals surface area (Å²) in [5.41, 5.74) is -0.350. The lowest BCUT2D eigenvalue weighted by atomic mass is 10.1. The minimum absolute atomic E-state index is 0.0765. The molecule has 0 aliphatic rings. The Morgan fingerprint density at radius 3 is 2.12 bits per heavy atom. The minimum atomic E-state index is -4.71. The van der Waals surface area contributed by atoms with E-state index in [4.69, 9.17) is 0 Å². The van der Waals surface area contributed by atoms with E-state index in [0.29, 0.717) is 10.1 Å². The number of alkyl halides is 6. The second-order valence-electron chi connectivity index (χ2n) is 5.06. The maximum atomic E-state index is 12.8. The summed E-state index contributed by atoms with van der Waals surface area (Å²) in [7, 11) is 0. The first kappa shape index (κ1) is 17.0. The van der Waals surface area contributed by atoms with Gasteiger partial charge in [-0.2, -0.15) is 30.9 Å². The van der Waals surface area contributed by atoms with Crippen LogP contribution in [0.5, 0.6) is 0 Å². The Hall–Kier alpha value is -2.85. The van der Waals surface area contributed by atoms with Gasteiger partial charge in [-0.3, -0.25) is 0 Å². The molecule has 5 nitrogen and oxygen atoms in total. The van der Waals surface area contributed by atoms with Crippen molar-refractivity contribution in [2.45, 2.75) is 18.9 Å². The van der Waals surface area contributed by atoms with Crippen LogP contribution >= 0.6 is 0 Å². The van der Waals surface area contributed by atoms with Gasteiger partial charge in [-0.15, -0.1) is 15.3 Å². The van der Waals surface area contributed by atoms with Crippen LogP contribution in [-0.2, 0) is 18.9 Å². The van der Waals surface area contributed by atoms with E-state index in [1.165, 1.54) is 24.3 Å². The lowest BCUT2D eigenvalue weighted by Gasteiger charge is -2.09. The Bertz CT molecular complexity index is 881. The molecular formula is C14H9F6N5. The molecule has 1 aromatic carbocycles. The molecule has 0 radical (unpaired) electrons. The highest BCUT2D eigenvalue weighted by Gasteiger charge is 2.37. The molecule has 2 heterocycles. The van der Waals surface area contributed by atoms with E-state index in [1.807, 2.05) is 0 Å². The number of nitrogens with one attached hydrogen (secondary N) is 1. The molecule has 0 amide bonds. The average molecular weight is 361 g/mol. The van der Waals surface area contributed by atoms with E-state index in [9.17, 15) is 26.3 Å². The zero-order valence-corrected chi connectivity index (χ0v) is 12.2. The zero-order valence-electron chi connectivity index (χ0n) is 12.2. The number of anilines is 1. The molecule has 25 heavy (non-hydrogen) atoms. The molecule has 1 N–H and O–H groups in total. The van der Waals surface area contributed by atoms with Crippen LogP contribution in [0.1, 0.15) is 17.0 Å². The van der Waals surface area contributed by atoms with Crippen molar-refractivity contribution in [1.82, 2.24) is 19.8 Å². The first-order valence-electron chi connectivity index (χ1n) is 6.84. The summed E-state index contributed by atoms with van der Waals surface area (Å²) in [6.45, 7) is 0.0835. The van der Waals surface area contributed by atoms with Gasteiger partial charge in [0.15, 0.2) is 5.65 Å². The lowest BCUT2D eigenvalue weighted by Crippen LogP contribution is -2.13. The van der Waals surface area contributed by atoms with E-state index >= 15 is 0 Å². The maximum Gasteiger partial charge on any atom is 0.453 e. The van der Waals surface area contributed by atoms with Gasteiger partial charge in [0, 0.05) is 6.54 Å². The Morgan fingerprint density at radius 1 is 0.840 bits per heavy atom. The Kier molecular flexibility index (Phi) is 4.01. The van der Waals surface area contributed by atoms with Crippen LogP contribution in [0.4, 0.5) is 32.2 Å². The molecule has 132 valence electrons. The number of halogens is 6. The third-order valence-corrected chi connectivity index (χ3v) is 3.27. The van der Waals surface area contributed by atoms with Crippen LogP contribution < -0.4 is 5.32 Å². The van der Waals surface area contributed by atoms with E-state index in [2.05, 4.69) is 20.6 Å². The highest BCUT2D eigenvalue weighted by molar-refractivity contribution is 5.44. The molecule has 2 aromatic heterocycles. The smallest absolute Gasteiger partial charge is 0.365 e. The fourth-order valence-corrected chi connectivity index (χ4v) is 2.06. The van der Waals surface area contributed by atoms with Crippen LogP contribution in [0.3, 0.4) is 0 Å². The van der Waals surface area contributed by atoms with Gasteiger partial charge in [-0.25, -0.2) is 0 Å². The quantitative estimate of drug-likeness (QED) is 0.722. The second kappa shape index (κ2) is 5.90. The molecule has 0 saturated heterocycles. The number of hydrogen-bond acceptors (Lipinski definition) is 4. The van der Waals surface area contributed by atoms with Crippen molar-refractivity contribution >= 4 is 11.5 Å². The zero-order chi connectivity index (χ0) is 18.2. The topological polar surface area (TPSA) is 55.1 Å². The number of aromatic nitrogens is 4. The summed E-state index contributed by atoms with van der Waals surface area (Å²) in [6, 6.07) is 7.09. The first-order valence-corrected chi connectivity index (χ1v) is 6.84. The molecular weight excluding hydrogens is 352 g/mol. The molecule has 0 spiro atoms. The minimum Gasteiger partial charge on any atom is -0.365 e. The van der Waals surface area contributed by atoms with Gasteiger partial charge >= 0.3 is 12.4 Å². The van der Waals surface area contributed by atoms with Crippen molar-refractivity contribution in [3.05, 3.63) is 53.3 Å². The van der Waals surface area contributed by atoms with Crippen LogP contribution in [0, 0.1) is 0 Å². The van der Waals surface area contributed by atoms with Gasteiger partial charge in [-0.05, 0) is 29.8 Å². The highest BCUT2D eigenvalue weighted by atomic mass is 19.4. The van der Waals surface area contributed by atoms with Gasteiger partial charge in [0.2, 0.25) is 0 Å². The third-order valence-electron chi connectivity index (χ3n) is 3.27. The average Bonchev–Trinajstić information content (AvgIpc) is 2.95. The fraction of sp³-hybridized carbons (Fsp3) is 0.214. The number of nitrogens with zero attached hydrogens (tertiary/aromatic N) is 4. The predicted octanol–water partition coefficient (Wildman–Crippen LogP) is 3.77. The van der Waals surface area contributed by atoms with Gasteiger partial charge in [0.05, 0.1) is 5.56 Å². The molecule has 0 fully saturated rings. The van der Waals surface area contributed by atoms with Gasteiger partial charge in [0.25, 0.3) is 5.82 Å². The van der Waals surface area contributed by atoms with Crippen molar-refractivity contribution < 1.29 is 26.3 Å². The Balaban J connectivity index is 1.77. The van der Waals surface area contributed by atoms with Crippen molar-refractivity contribution in [2.75, 3.05) is 5.32 Å². The van der Waals surface area contributed by atoms with E-state index in [-0.39, 0.29) is 18.0 Å². The Labute approximate surface area is 136 Å². The van der Waals surface area contributed by atoms with Crippen molar-refractivity contribution in [3.8, 4) is 0 Å². The molecule has 0 saturated carbocycles. The molecule has 11 heteroatoms. The summed E-state index contributed by atoms with van der Waals surface area (Å²) in [5.74, 6) is -1.17. The molecule has 0 atom stereocenters. The highest BCUT2D eigenvalue weighted by Crippen LogP contribution is 2.29. The van der Waals surface area contributed by atoms with Crippen molar-refractivity contribution in [1.29, 1.82) is 0 Å². The number of rotatable bonds is 3. The molecule has 0 aliphatic carbocycles. The monoisotopic (exact) mass is 361 g/mol. The maximum absolute atomic E-state index is 12.8. The van der Waals surface area contributed by atoms with Gasteiger partial charge < -0.3 is 5.32 Å². The Morgan fingerprint density at radius 2 is 1.52 bits per heavy atom. The number of benzene rings is 1. The lowest BCUT2D eigenvalue weighted by molar-refractivity contribution is -0.146. The fourth-order valence-electron chi connectivity index (χ4n) is 2.06. The summed E-state index contributed by atoms with van der Waals surface area (Å²) in [6.07, 6.45) is -9.14. The standard InChI is InChI=1S/C14H9F6N5/c15-13(16,17)9-3-1-8(2-4-9)7-21-10-5-6-11-22-23-12(14(18,19)20)25(11)24-10/h1-6H,7H2,(H,21,24). The number of hydrogen-bond donors (Lipinski definition) is 1. The van der Waals surface area contributed by atoms with Gasteiger partial charge in [0.1, 0.15) is 5.82 Å². The normalized spacial score (nSPS) is 12.6. The third kappa shape index (κ3) is 3.64. The molecule has 3 aromatic rings. The van der Waals surface area contributed by atoms with Crippen LogP contribution in [0.25, 0.3) is 5.65 Å². The second-order valence-corrected chi connectivity index (χ2v) is 5.06. The first-order chi connectivity index (χ1) is 11.6. The molecule has 0 bridgehead atoms. The molecule has 3 rings (SSSR count). The van der Waals surface area contributed by atoms with Crippen LogP contribution in [0.15, 0.2) is 36.4 Å². The SMILES string of the molecule is FC(F)(F)c1ccc(CNc2ccc3nnc(C(F)(F)F)n3n2)cc1.